The summed E-state index contributed by atoms with van der Waals surface area (Å²) in [6.07, 6.45) is 1.16. The van der Waals surface area contributed by atoms with Gasteiger partial charge in [-0.3, -0.25) is 10.1 Å². The van der Waals surface area contributed by atoms with Crippen LogP contribution in [0.25, 0.3) is 15.9 Å². The van der Waals surface area contributed by atoms with E-state index in [1.54, 1.807) is 22.9 Å². The van der Waals surface area contributed by atoms with Gasteiger partial charge in [-0.05, 0) is 42.3 Å². The number of carbonyl (C=O) groups excluding carboxylic acids is 1. The number of amides is 1. The van der Waals surface area contributed by atoms with Crippen molar-refractivity contribution < 1.29 is 13.2 Å². The Hall–Kier alpha value is -3.04. The van der Waals surface area contributed by atoms with Crippen LogP contribution in [0.2, 0.25) is 0 Å². The Morgan fingerprint density at radius 1 is 1.10 bits per heavy atom. The quantitative estimate of drug-likeness (QED) is 0.500. The predicted octanol–water partition coefficient (Wildman–Crippen LogP) is 4.26. The topological polar surface area (TPSA) is 94.0 Å². The fourth-order valence-corrected chi connectivity index (χ4v) is 4.58. The predicted molar refractivity (Wildman–Crippen MR) is 118 cm³/mol. The van der Waals surface area contributed by atoms with Gasteiger partial charge in [-0.2, -0.15) is 5.10 Å². The van der Waals surface area contributed by atoms with E-state index in [9.17, 15) is 13.2 Å². The number of thiazole rings is 1. The zero-order chi connectivity index (χ0) is 21.5. The summed E-state index contributed by atoms with van der Waals surface area (Å²) in [7, 11) is -3.31. The molecule has 2 aromatic carbocycles. The molecule has 0 aliphatic heterocycles. The van der Waals surface area contributed by atoms with E-state index >= 15 is 0 Å². The van der Waals surface area contributed by atoms with Gasteiger partial charge in [0.1, 0.15) is 5.69 Å². The molecule has 0 aliphatic rings. The van der Waals surface area contributed by atoms with E-state index in [2.05, 4.69) is 15.4 Å². The van der Waals surface area contributed by atoms with Crippen molar-refractivity contribution in [3.8, 4) is 5.69 Å². The van der Waals surface area contributed by atoms with Crippen molar-refractivity contribution in [1.82, 2.24) is 14.8 Å². The molecule has 0 fully saturated rings. The summed E-state index contributed by atoms with van der Waals surface area (Å²) >= 11 is 1.23. The van der Waals surface area contributed by atoms with E-state index in [1.807, 2.05) is 44.2 Å². The van der Waals surface area contributed by atoms with Crippen LogP contribution in [0.5, 0.6) is 0 Å². The van der Waals surface area contributed by atoms with Gasteiger partial charge in [-0.15, -0.1) is 0 Å². The zero-order valence-corrected chi connectivity index (χ0v) is 18.3. The monoisotopic (exact) mass is 440 g/mol. The molecule has 0 saturated heterocycles. The number of fused-ring (bicyclic) bond motifs is 1. The van der Waals surface area contributed by atoms with E-state index in [0.29, 0.717) is 21.0 Å². The molecule has 0 spiro atoms. The highest BCUT2D eigenvalue weighted by Gasteiger charge is 2.20. The number of para-hydroxylation sites is 1. The van der Waals surface area contributed by atoms with Crippen LogP contribution in [-0.4, -0.2) is 35.3 Å². The minimum atomic E-state index is -3.31. The first-order chi connectivity index (χ1) is 14.2. The first-order valence-electron chi connectivity index (χ1n) is 9.30. The van der Waals surface area contributed by atoms with Crippen LogP contribution in [0.4, 0.5) is 5.13 Å². The summed E-state index contributed by atoms with van der Waals surface area (Å²) in [6.45, 7) is 4.04. The second kappa shape index (κ2) is 7.66. The molecule has 2 heterocycles. The Labute approximate surface area is 178 Å². The molecule has 0 bridgehead atoms. The lowest BCUT2D eigenvalue weighted by molar-refractivity contribution is 0.101. The average Bonchev–Trinajstić information content (AvgIpc) is 3.31. The minimum absolute atomic E-state index is 0.165. The summed E-state index contributed by atoms with van der Waals surface area (Å²) in [5.41, 5.74) is 2.63. The first kappa shape index (κ1) is 20.2. The molecule has 154 valence electrons. The van der Waals surface area contributed by atoms with Gasteiger partial charge in [0, 0.05) is 6.26 Å². The molecular formula is C21H20N4O3S2. The summed E-state index contributed by atoms with van der Waals surface area (Å²) in [5, 5.41) is 7.82. The fourth-order valence-electron chi connectivity index (χ4n) is 2.96. The molecule has 0 aliphatic carbocycles. The smallest absolute Gasteiger partial charge is 0.276 e. The number of sulfone groups is 1. The number of aromatic nitrogens is 3. The number of rotatable bonds is 5. The van der Waals surface area contributed by atoms with Gasteiger partial charge in [0.05, 0.1) is 26.5 Å². The highest BCUT2D eigenvalue weighted by atomic mass is 32.2. The third-order valence-corrected chi connectivity index (χ3v) is 6.61. The Morgan fingerprint density at radius 3 is 2.50 bits per heavy atom. The molecule has 1 amide bonds. The molecule has 2 aromatic heterocycles. The SMILES string of the molecule is CC(C)c1cc(C(=O)Nc2nc3ccc(S(C)(=O)=O)cc3s2)n(-c2ccccc2)n1. The second-order valence-electron chi connectivity index (χ2n) is 7.23. The van der Waals surface area contributed by atoms with Crippen molar-refractivity contribution in [2.45, 2.75) is 24.7 Å². The Morgan fingerprint density at radius 2 is 1.83 bits per heavy atom. The third-order valence-electron chi connectivity index (χ3n) is 4.56. The highest BCUT2D eigenvalue weighted by Crippen LogP contribution is 2.29. The Bertz CT molecular complexity index is 1340. The maximum absolute atomic E-state index is 13.0. The van der Waals surface area contributed by atoms with Crippen LogP contribution < -0.4 is 5.32 Å². The van der Waals surface area contributed by atoms with Gasteiger partial charge >= 0.3 is 0 Å². The summed E-state index contributed by atoms with van der Waals surface area (Å²) in [4.78, 5) is 17.7. The minimum Gasteiger partial charge on any atom is -0.296 e. The molecule has 1 N–H and O–H groups in total. The summed E-state index contributed by atoms with van der Waals surface area (Å²) in [5.74, 6) is -0.168. The van der Waals surface area contributed by atoms with E-state index in [0.717, 1.165) is 17.6 Å². The molecule has 4 rings (SSSR count). The molecule has 0 radical (unpaired) electrons. The number of nitrogens with one attached hydrogen (secondary N) is 1. The summed E-state index contributed by atoms with van der Waals surface area (Å²) in [6, 6.07) is 16.0. The van der Waals surface area contributed by atoms with Crippen LogP contribution in [0.1, 0.15) is 35.9 Å². The molecule has 7 nitrogen and oxygen atoms in total. The second-order valence-corrected chi connectivity index (χ2v) is 10.3. The normalized spacial score (nSPS) is 11.9. The Kier molecular flexibility index (Phi) is 5.17. The molecule has 0 atom stereocenters. The molecule has 4 aromatic rings. The maximum atomic E-state index is 13.0. The van der Waals surface area contributed by atoms with Gasteiger partial charge in [0.25, 0.3) is 5.91 Å². The number of benzene rings is 2. The Balaban J connectivity index is 1.69. The average molecular weight is 441 g/mol. The van der Waals surface area contributed by atoms with Gasteiger partial charge in [0.15, 0.2) is 15.0 Å². The first-order valence-corrected chi connectivity index (χ1v) is 12.0. The van der Waals surface area contributed by atoms with E-state index < -0.39 is 9.84 Å². The van der Waals surface area contributed by atoms with Gasteiger partial charge in [0.2, 0.25) is 0 Å². The molecule has 0 unspecified atom stereocenters. The van der Waals surface area contributed by atoms with Crippen molar-refractivity contribution in [2.24, 2.45) is 0 Å². The number of anilines is 1. The van der Waals surface area contributed by atoms with Gasteiger partial charge in [-0.1, -0.05) is 43.4 Å². The van der Waals surface area contributed by atoms with Crippen molar-refractivity contribution in [3.05, 3.63) is 66.0 Å². The van der Waals surface area contributed by atoms with Crippen molar-refractivity contribution in [2.75, 3.05) is 11.6 Å². The number of nitrogens with zero attached hydrogens (tertiary/aromatic N) is 3. The zero-order valence-electron chi connectivity index (χ0n) is 16.7. The van der Waals surface area contributed by atoms with E-state index in [4.69, 9.17) is 0 Å². The number of hydrogen-bond acceptors (Lipinski definition) is 6. The van der Waals surface area contributed by atoms with E-state index in [-0.39, 0.29) is 16.7 Å². The van der Waals surface area contributed by atoms with E-state index in [1.165, 1.54) is 17.4 Å². The van der Waals surface area contributed by atoms with Crippen molar-refractivity contribution >= 4 is 42.4 Å². The van der Waals surface area contributed by atoms with Crippen LogP contribution in [-0.2, 0) is 9.84 Å². The third kappa shape index (κ3) is 3.99. The van der Waals surface area contributed by atoms with Crippen molar-refractivity contribution in [3.63, 3.8) is 0 Å². The standard InChI is InChI=1S/C21H20N4O3S2/c1-13(2)17-12-18(25(24-17)14-7-5-4-6-8-14)20(26)23-21-22-16-10-9-15(30(3,27)28)11-19(16)29-21/h4-13H,1-3H3,(H,22,23,26). The lowest BCUT2D eigenvalue weighted by atomic mass is 10.1. The summed E-state index contributed by atoms with van der Waals surface area (Å²) < 4.78 is 25.9. The lowest BCUT2D eigenvalue weighted by Gasteiger charge is -2.06. The number of carbonyl (C=O) groups is 1. The molecule has 30 heavy (non-hydrogen) atoms. The maximum Gasteiger partial charge on any atom is 0.276 e. The van der Waals surface area contributed by atoms with Crippen LogP contribution in [0.3, 0.4) is 0 Å². The van der Waals surface area contributed by atoms with Crippen LogP contribution in [0.15, 0.2) is 59.5 Å². The largest absolute Gasteiger partial charge is 0.296 e. The number of hydrogen-bond donors (Lipinski definition) is 1. The highest BCUT2D eigenvalue weighted by molar-refractivity contribution is 7.90. The van der Waals surface area contributed by atoms with Crippen molar-refractivity contribution in [1.29, 1.82) is 0 Å². The fraction of sp³-hybridized carbons (Fsp3) is 0.190. The molecule has 0 saturated carbocycles. The van der Waals surface area contributed by atoms with Gasteiger partial charge < -0.3 is 0 Å². The van der Waals surface area contributed by atoms with Gasteiger partial charge in [-0.25, -0.2) is 18.1 Å². The molecular weight excluding hydrogens is 420 g/mol. The molecule has 9 heteroatoms. The van der Waals surface area contributed by atoms with Crippen LogP contribution >= 0.6 is 11.3 Å². The lowest BCUT2D eigenvalue weighted by Crippen LogP contribution is -2.16. The van der Waals surface area contributed by atoms with Crippen LogP contribution in [0, 0.1) is 0 Å².